The molecule has 162 valence electrons. The Hall–Kier alpha value is -3.15. The zero-order chi connectivity index (χ0) is 22.3. The fraction of sp³-hybridized carbons (Fsp3) is 0.400. The molecule has 0 bridgehead atoms. The number of carbonyl (C=O) groups is 3. The smallest absolute Gasteiger partial charge is 0.335 e. The van der Waals surface area contributed by atoms with Gasteiger partial charge in [0.15, 0.2) is 0 Å². The number of urea groups is 1. The molecule has 1 aromatic heterocycles. The lowest BCUT2D eigenvalue weighted by Crippen LogP contribution is -2.54. The van der Waals surface area contributed by atoms with E-state index in [0.717, 1.165) is 45.8 Å². The average molecular weight is 420 g/mol. The number of anilines is 1. The molecule has 2 aromatic rings. The molecule has 0 radical (unpaired) electrons. The zero-order valence-corrected chi connectivity index (χ0v) is 18.6. The highest BCUT2D eigenvalue weighted by Crippen LogP contribution is 2.33. The SMILES string of the molecule is Cc1cc(C)cc(N2C(=O)NC(=O)/C(=C\c3cc(C)n(C4CCCCC4)c3C)C2=O)c1. The number of rotatable bonds is 3. The molecule has 1 N–H and O–H groups in total. The van der Waals surface area contributed by atoms with Crippen LogP contribution in [0.15, 0.2) is 29.8 Å². The van der Waals surface area contributed by atoms with Gasteiger partial charge >= 0.3 is 6.03 Å². The molecule has 2 aliphatic rings. The van der Waals surface area contributed by atoms with Crippen LogP contribution in [-0.4, -0.2) is 22.4 Å². The molecule has 31 heavy (non-hydrogen) atoms. The quantitative estimate of drug-likeness (QED) is 0.569. The summed E-state index contributed by atoms with van der Waals surface area (Å²) in [4.78, 5) is 39.4. The minimum absolute atomic E-state index is 0.0253. The topological polar surface area (TPSA) is 71.4 Å². The maximum atomic E-state index is 13.2. The number of nitrogens with one attached hydrogen (secondary N) is 1. The van der Waals surface area contributed by atoms with Crippen LogP contribution in [0, 0.1) is 27.7 Å². The van der Waals surface area contributed by atoms with Crippen LogP contribution in [0.4, 0.5) is 10.5 Å². The van der Waals surface area contributed by atoms with E-state index in [4.69, 9.17) is 0 Å². The van der Waals surface area contributed by atoms with Crippen LogP contribution in [0.2, 0.25) is 0 Å². The normalized spacial score (nSPS) is 19.3. The summed E-state index contributed by atoms with van der Waals surface area (Å²) in [5.74, 6) is -1.25. The van der Waals surface area contributed by atoms with Crippen LogP contribution in [0.25, 0.3) is 6.08 Å². The Morgan fingerprint density at radius 2 is 1.55 bits per heavy atom. The van der Waals surface area contributed by atoms with Crippen LogP contribution in [0.3, 0.4) is 0 Å². The molecular formula is C25H29N3O3. The standard InChI is InChI=1S/C25H29N3O3/c1-15-10-16(2)12-21(11-15)28-24(30)22(23(29)26-25(28)31)14-19-13-17(3)27(18(19)4)20-8-6-5-7-9-20/h10-14,20H,5-9H2,1-4H3,(H,26,29,31)/b22-14+. The Kier molecular flexibility index (Phi) is 5.56. The van der Waals surface area contributed by atoms with Crippen LogP contribution in [-0.2, 0) is 9.59 Å². The van der Waals surface area contributed by atoms with E-state index in [1.165, 1.54) is 19.3 Å². The molecule has 0 atom stereocenters. The van der Waals surface area contributed by atoms with Crippen molar-refractivity contribution in [2.24, 2.45) is 0 Å². The summed E-state index contributed by atoms with van der Waals surface area (Å²) in [6, 6.07) is 7.28. The molecule has 4 amide bonds. The Balaban J connectivity index is 1.72. The average Bonchev–Trinajstić information content (AvgIpc) is 2.98. The number of aryl methyl sites for hydroxylation is 3. The number of nitrogens with zero attached hydrogens (tertiary/aromatic N) is 2. The van der Waals surface area contributed by atoms with Gasteiger partial charge in [0.1, 0.15) is 5.57 Å². The van der Waals surface area contributed by atoms with Crippen molar-refractivity contribution in [1.82, 2.24) is 9.88 Å². The lowest BCUT2D eigenvalue weighted by molar-refractivity contribution is -0.122. The van der Waals surface area contributed by atoms with E-state index >= 15 is 0 Å². The largest absolute Gasteiger partial charge is 0.346 e. The van der Waals surface area contributed by atoms with Gasteiger partial charge < -0.3 is 4.57 Å². The van der Waals surface area contributed by atoms with Crippen LogP contribution >= 0.6 is 0 Å². The second-order valence-electron chi connectivity index (χ2n) is 8.79. The van der Waals surface area contributed by atoms with Crippen molar-refractivity contribution >= 4 is 29.6 Å². The van der Waals surface area contributed by atoms with Gasteiger partial charge in [-0.1, -0.05) is 25.3 Å². The van der Waals surface area contributed by atoms with Crippen molar-refractivity contribution in [3.8, 4) is 0 Å². The van der Waals surface area contributed by atoms with E-state index in [-0.39, 0.29) is 5.57 Å². The number of carbonyl (C=O) groups excluding carboxylic acids is 3. The summed E-state index contributed by atoms with van der Waals surface area (Å²) in [5.41, 5.74) is 5.34. The molecule has 1 saturated carbocycles. The summed E-state index contributed by atoms with van der Waals surface area (Å²) in [6.07, 6.45) is 7.67. The molecule has 6 nitrogen and oxygen atoms in total. The number of amides is 4. The molecule has 1 saturated heterocycles. The third kappa shape index (κ3) is 3.94. The van der Waals surface area contributed by atoms with Gasteiger partial charge in [0.25, 0.3) is 11.8 Å². The van der Waals surface area contributed by atoms with Gasteiger partial charge in [-0.15, -0.1) is 0 Å². The van der Waals surface area contributed by atoms with E-state index in [1.54, 1.807) is 18.2 Å². The highest BCUT2D eigenvalue weighted by Gasteiger charge is 2.37. The summed E-state index contributed by atoms with van der Waals surface area (Å²) < 4.78 is 2.34. The molecule has 0 spiro atoms. The first-order valence-electron chi connectivity index (χ1n) is 10.9. The molecule has 2 fully saturated rings. The van der Waals surface area contributed by atoms with Gasteiger partial charge in [0, 0.05) is 17.4 Å². The Labute approximate surface area is 182 Å². The van der Waals surface area contributed by atoms with Crippen molar-refractivity contribution in [2.75, 3.05) is 4.90 Å². The van der Waals surface area contributed by atoms with Gasteiger partial charge in [-0.3, -0.25) is 14.9 Å². The third-order valence-corrected chi connectivity index (χ3v) is 6.33. The maximum absolute atomic E-state index is 13.2. The summed E-state index contributed by atoms with van der Waals surface area (Å²) in [5, 5.41) is 2.32. The Morgan fingerprint density at radius 1 is 0.903 bits per heavy atom. The van der Waals surface area contributed by atoms with Crippen molar-refractivity contribution in [3.05, 3.63) is 57.9 Å². The second-order valence-corrected chi connectivity index (χ2v) is 8.79. The van der Waals surface area contributed by atoms with E-state index in [9.17, 15) is 14.4 Å². The highest BCUT2D eigenvalue weighted by molar-refractivity contribution is 6.39. The first kappa shape index (κ1) is 21.1. The molecule has 2 heterocycles. The number of barbiturate groups is 1. The molecule has 1 aromatic carbocycles. The second kappa shape index (κ2) is 8.17. The van der Waals surface area contributed by atoms with Crippen LogP contribution in [0.1, 0.15) is 66.2 Å². The first-order valence-corrected chi connectivity index (χ1v) is 10.9. The Morgan fingerprint density at radius 3 is 2.19 bits per heavy atom. The van der Waals surface area contributed by atoms with Crippen LogP contribution in [0.5, 0.6) is 0 Å². The number of hydrogen-bond acceptors (Lipinski definition) is 3. The van der Waals surface area contributed by atoms with Gasteiger partial charge in [-0.2, -0.15) is 0 Å². The van der Waals surface area contributed by atoms with Crippen molar-refractivity contribution in [1.29, 1.82) is 0 Å². The van der Waals surface area contributed by atoms with Crippen molar-refractivity contribution in [2.45, 2.75) is 65.8 Å². The fourth-order valence-corrected chi connectivity index (χ4v) is 4.98. The summed E-state index contributed by atoms with van der Waals surface area (Å²) in [6.45, 7) is 7.92. The van der Waals surface area contributed by atoms with Crippen molar-refractivity contribution in [3.63, 3.8) is 0 Å². The highest BCUT2D eigenvalue weighted by atomic mass is 16.2. The zero-order valence-electron chi connectivity index (χ0n) is 18.6. The number of benzene rings is 1. The number of aromatic nitrogens is 1. The van der Waals surface area contributed by atoms with E-state index in [0.29, 0.717) is 11.7 Å². The minimum atomic E-state index is -0.718. The minimum Gasteiger partial charge on any atom is -0.346 e. The fourth-order valence-electron chi connectivity index (χ4n) is 4.98. The molecule has 4 rings (SSSR count). The number of imide groups is 2. The Bertz CT molecular complexity index is 1080. The summed E-state index contributed by atoms with van der Waals surface area (Å²) in [7, 11) is 0. The molecule has 1 aliphatic heterocycles. The number of hydrogen-bond donors (Lipinski definition) is 1. The van der Waals surface area contributed by atoms with E-state index in [2.05, 4.69) is 16.8 Å². The van der Waals surface area contributed by atoms with Gasteiger partial charge in [-0.25, -0.2) is 9.69 Å². The van der Waals surface area contributed by atoms with Gasteiger partial charge in [0.2, 0.25) is 0 Å². The molecule has 6 heteroatoms. The van der Waals surface area contributed by atoms with Crippen molar-refractivity contribution < 1.29 is 14.4 Å². The molecule has 1 aliphatic carbocycles. The molecular weight excluding hydrogens is 390 g/mol. The summed E-state index contributed by atoms with van der Waals surface area (Å²) >= 11 is 0. The van der Waals surface area contributed by atoms with E-state index in [1.807, 2.05) is 32.9 Å². The van der Waals surface area contributed by atoms with Crippen LogP contribution < -0.4 is 10.2 Å². The first-order chi connectivity index (χ1) is 14.8. The molecule has 0 unspecified atom stereocenters. The predicted molar refractivity (Wildman–Crippen MR) is 121 cm³/mol. The third-order valence-electron chi connectivity index (χ3n) is 6.33. The van der Waals surface area contributed by atoms with Gasteiger partial charge in [-0.05, 0) is 81.5 Å². The lowest BCUT2D eigenvalue weighted by atomic mass is 9.95. The maximum Gasteiger partial charge on any atom is 0.335 e. The predicted octanol–water partition coefficient (Wildman–Crippen LogP) is 4.89. The lowest BCUT2D eigenvalue weighted by Gasteiger charge is -2.27. The van der Waals surface area contributed by atoms with Gasteiger partial charge in [0.05, 0.1) is 5.69 Å². The van der Waals surface area contributed by atoms with E-state index < -0.39 is 17.8 Å². The monoisotopic (exact) mass is 419 g/mol.